The molecular weight excluding hydrogens is 432 g/mol. The van der Waals surface area contributed by atoms with Gasteiger partial charge in [0.1, 0.15) is 6.61 Å². The number of aliphatic carboxylic acids is 1. The first-order valence-electron chi connectivity index (χ1n) is 12.0. The summed E-state index contributed by atoms with van der Waals surface area (Å²) in [4.78, 5) is 36.2. The van der Waals surface area contributed by atoms with Gasteiger partial charge in [0.25, 0.3) is 0 Å². The Morgan fingerprint density at radius 1 is 1.00 bits per heavy atom. The van der Waals surface area contributed by atoms with E-state index in [1.807, 2.05) is 24.3 Å². The summed E-state index contributed by atoms with van der Waals surface area (Å²) in [6, 6.07) is 16.0. The summed E-state index contributed by atoms with van der Waals surface area (Å²) in [5.41, 5.74) is 4.69. The molecule has 4 rings (SSSR count). The van der Waals surface area contributed by atoms with Crippen molar-refractivity contribution < 1.29 is 24.2 Å². The van der Waals surface area contributed by atoms with Crippen LogP contribution in [0.2, 0.25) is 0 Å². The summed E-state index contributed by atoms with van der Waals surface area (Å²) in [6.45, 7) is 2.31. The maximum Gasteiger partial charge on any atom is 0.407 e. The van der Waals surface area contributed by atoms with E-state index in [2.05, 4.69) is 34.9 Å². The third-order valence-electron chi connectivity index (χ3n) is 6.97. The van der Waals surface area contributed by atoms with Gasteiger partial charge in [-0.3, -0.25) is 9.59 Å². The number of benzene rings is 2. The number of nitrogens with one attached hydrogen (secondary N) is 2. The second-order valence-electron chi connectivity index (χ2n) is 9.36. The lowest BCUT2D eigenvalue weighted by atomic mass is 9.78. The average Bonchev–Trinajstić information content (AvgIpc) is 3.14. The molecule has 0 bridgehead atoms. The van der Waals surface area contributed by atoms with Crippen LogP contribution < -0.4 is 10.6 Å². The van der Waals surface area contributed by atoms with Gasteiger partial charge in [-0.25, -0.2) is 4.79 Å². The van der Waals surface area contributed by atoms with Gasteiger partial charge in [-0.1, -0.05) is 61.4 Å². The lowest BCUT2D eigenvalue weighted by Crippen LogP contribution is -2.44. The second-order valence-corrected chi connectivity index (χ2v) is 9.36. The Morgan fingerprint density at radius 2 is 1.62 bits per heavy atom. The molecule has 0 aliphatic heterocycles. The van der Waals surface area contributed by atoms with Crippen LogP contribution in [0.25, 0.3) is 11.1 Å². The minimum Gasteiger partial charge on any atom is -0.481 e. The Labute approximate surface area is 199 Å². The van der Waals surface area contributed by atoms with Gasteiger partial charge in [-0.15, -0.1) is 0 Å². The predicted molar refractivity (Wildman–Crippen MR) is 128 cm³/mol. The van der Waals surface area contributed by atoms with Crippen molar-refractivity contribution in [1.29, 1.82) is 0 Å². The van der Waals surface area contributed by atoms with Crippen LogP contribution in [0.3, 0.4) is 0 Å². The molecule has 7 heteroatoms. The maximum absolute atomic E-state index is 12.7. The van der Waals surface area contributed by atoms with Crippen molar-refractivity contribution in [3.8, 4) is 11.1 Å². The number of hydrogen-bond acceptors (Lipinski definition) is 4. The molecule has 2 aliphatic carbocycles. The number of carboxylic acids is 1. The quantitative estimate of drug-likeness (QED) is 0.540. The first-order chi connectivity index (χ1) is 16.4. The van der Waals surface area contributed by atoms with E-state index in [9.17, 15) is 14.4 Å². The SMILES string of the molecule is C[C@H](CC(=O)O)NC(=O)C1CCCCC1CNC(=O)OCC1c2ccccc2-c2ccccc21. The third-order valence-corrected chi connectivity index (χ3v) is 6.97. The number of rotatable bonds is 8. The fraction of sp³-hybridized carbons (Fsp3) is 0.444. The van der Waals surface area contributed by atoms with Gasteiger partial charge in [-0.2, -0.15) is 0 Å². The zero-order chi connectivity index (χ0) is 24.1. The summed E-state index contributed by atoms with van der Waals surface area (Å²) in [5, 5.41) is 14.6. The Morgan fingerprint density at radius 3 is 2.26 bits per heavy atom. The van der Waals surface area contributed by atoms with Gasteiger partial charge in [0.15, 0.2) is 0 Å². The van der Waals surface area contributed by atoms with E-state index in [1.54, 1.807) is 6.92 Å². The van der Waals surface area contributed by atoms with Crippen LogP contribution in [-0.2, 0) is 14.3 Å². The average molecular weight is 465 g/mol. The highest BCUT2D eigenvalue weighted by atomic mass is 16.5. The smallest absolute Gasteiger partial charge is 0.407 e. The number of ether oxygens (including phenoxy) is 1. The van der Waals surface area contributed by atoms with Crippen LogP contribution in [0.1, 0.15) is 56.1 Å². The largest absolute Gasteiger partial charge is 0.481 e. The van der Waals surface area contributed by atoms with E-state index in [0.29, 0.717) is 6.54 Å². The first-order valence-corrected chi connectivity index (χ1v) is 12.0. The molecule has 3 atom stereocenters. The molecule has 0 saturated heterocycles. The molecule has 2 aliphatic rings. The zero-order valence-electron chi connectivity index (χ0n) is 19.5. The highest BCUT2D eigenvalue weighted by Crippen LogP contribution is 2.44. The maximum atomic E-state index is 12.7. The minimum absolute atomic E-state index is 0.00193. The number of hydrogen-bond donors (Lipinski definition) is 3. The van der Waals surface area contributed by atoms with Gasteiger partial charge in [0.2, 0.25) is 5.91 Å². The summed E-state index contributed by atoms with van der Waals surface area (Å²) >= 11 is 0. The molecule has 1 saturated carbocycles. The molecule has 1 fully saturated rings. The highest BCUT2D eigenvalue weighted by Gasteiger charge is 2.33. The van der Waals surface area contributed by atoms with E-state index in [1.165, 1.54) is 11.1 Å². The summed E-state index contributed by atoms with van der Waals surface area (Å²) in [6.07, 6.45) is 2.95. The molecule has 180 valence electrons. The molecule has 2 aromatic carbocycles. The van der Waals surface area contributed by atoms with Crippen LogP contribution in [0.4, 0.5) is 4.79 Å². The van der Waals surface area contributed by atoms with Gasteiger partial charge >= 0.3 is 12.1 Å². The van der Waals surface area contributed by atoms with Gasteiger partial charge < -0.3 is 20.5 Å². The molecule has 0 aromatic heterocycles. The Balaban J connectivity index is 1.31. The molecular formula is C27H32N2O5. The van der Waals surface area contributed by atoms with Crippen molar-refractivity contribution in [2.75, 3.05) is 13.2 Å². The van der Waals surface area contributed by atoms with Crippen LogP contribution in [0.5, 0.6) is 0 Å². The summed E-state index contributed by atoms with van der Waals surface area (Å²) < 4.78 is 5.62. The van der Waals surface area contributed by atoms with Crippen molar-refractivity contribution in [3.63, 3.8) is 0 Å². The molecule has 0 spiro atoms. The number of fused-ring (bicyclic) bond motifs is 3. The third kappa shape index (κ3) is 5.41. The van der Waals surface area contributed by atoms with E-state index in [4.69, 9.17) is 9.84 Å². The molecule has 0 heterocycles. The van der Waals surface area contributed by atoms with Crippen molar-refractivity contribution >= 4 is 18.0 Å². The number of carboxylic acid groups (broad SMARTS) is 1. The Hall–Kier alpha value is -3.35. The van der Waals surface area contributed by atoms with Gasteiger partial charge in [0.05, 0.1) is 6.42 Å². The lowest BCUT2D eigenvalue weighted by molar-refractivity contribution is -0.137. The van der Waals surface area contributed by atoms with E-state index >= 15 is 0 Å². The number of carbonyl (C=O) groups excluding carboxylic acids is 2. The fourth-order valence-electron chi connectivity index (χ4n) is 5.32. The van der Waals surface area contributed by atoms with Crippen LogP contribution in [0, 0.1) is 11.8 Å². The number of alkyl carbamates (subject to hydrolysis) is 1. The van der Waals surface area contributed by atoms with Crippen LogP contribution in [-0.4, -0.2) is 42.3 Å². The van der Waals surface area contributed by atoms with E-state index < -0.39 is 18.1 Å². The minimum atomic E-state index is -0.940. The fourth-order valence-corrected chi connectivity index (χ4v) is 5.32. The number of amides is 2. The van der Waals surface area contributed by atoms with Crippen molar-refractivity contribution in [2.45, 2.75) is 51.0 Å². The Bertz CT molecular complexity index is 1010. The standard InChI is InChI=1S/C27H32N2O5/c1-17(14-25(30)31)29-26(32)19-9-3-2-8-18(19)15-28-27(33)34-16-24-22-12-6-4-10-20(22)21-11-5-7-13-23(21)24/h4-7,10-13,17-19,24H,2-3,8-9,14-16H2,1H3,(H,28,33)(H,29,32)(H,30,31)/t17-,18?,19?/m1/s1. The van der Waals surface area contributed by atoms with Crippen molar-refractivity contribution in [3.05, 3.63) is 59.7 Å². The van der Waals surface area contributed by atoms with Crippen molar-refractivity contribution in [1.82, 2.24) is 10.6 Å². The first kappa shape index (κ1) is 23.8. The summed E-state index contributed by atoms with van der Waals surface area (Å²) in [7, 11) is 0. The molecule has 2 aromatic rings. The zero-order valence-corrected chi connectivity index (χ0v) is 19.5. The van der Waals surface area contributed by atoms with Crippen molar-refractivity contribution in [2.24, 2.45) is 11.8 Å². The van der Waals surface area contributed by atoms with Gasteiger partial charge in [-0.05, 0) is 47.9 Å². The highest BCUT2D eigenvalue weighted by molar-refractivity contribution is 5.80. The van der Waals surface area contributed by atoms with E-state index in [-0.39, 0.29) is 36.7 Å². The second kappa shape index (κ2) is 10.7. The molecule has 2 amide bonds. The van der Waals surface area contributed by atoms with Gasteiger partial charge in [0, 0.05) is 24.4 Å². The van der Waals surface area contributed by atoms with Crippen LogP contribution in [0.15, 0.2) is 48.5 Å². The molecule has 7 nitrogen and oxygen atoms in total. The van der Waals surface area contributed by atoms with Crippen LogP contribution >= 0.6 is 0 Å². The number of carbonyl (C=O) groups is 3. The summed E-state index contributed by atoms with van der Waals surface area (Å²) in [5.74, 6) is -1.30. The predicted octanol–water partition coefficient (Wildman–Crippen LogP) is 4.31. The monoisotopic (exact) mass is 464 g/mol. The lowest BCUT2D eigenvalue weighted by Gasteiger charge is -2.31. The topological polar surface area (TPSA) is 105 Å². The molecule has 0 radical (unpaired) electrons. The molecule has 34 heavy (non-hydrogen) atoms. The Kier molecular flexibility index (Phi) is 7.50. The van der Waals surface area contributed by atoms with E-state index in [0.717, 1.165) is 36.8 Å². The molecule has 3 N–H and O–H groups in total. The normalized spacial score (nSPS) is 20.0. The molecule has 2 unspecified atom stereocenters.